The number of carbonyl (C=O) groups excluding carboxylic acids is 2. The van der Waals surface area contributed by atoms with Crippen LogP contribution in [0.25, 0.3) is 0 Å². The lowest BCUT2D eigenvalue weighted by atomic mass is 10.0. The van der Waals surface area contributed by atoms with Crippen molar-refractivity contribution in [3.05, 3.63) is 129 Å². The second kappa shape index (κ2) is 15.6. The molecule has 0 radical (unpaired) electrons. The molecule has 1 atom stereocenters. The molecular weight excluding hydrogens is 653 g/mol. The van der Waals surface area contributed by atoms with E-state index in [-0.39, 0.29) is 39.5 Å². The molecule has 0 heterocycles. The summed E-state index contributed by atoms with van der Waals surface area (Å²) in [5.74, 6) is -0.996. The van der Waals surface area contributed by atoms with Gasteiger partial charge in [-0.25, -0.2) is 8.42 Å². The molecule has 0 saturated heterocycles. The lowest BCUT2D eigenvalue weighted by Gasteiger charge is -2.34. The van der Waals surface area contributed by atoms with Crippen LogP contribution in [0.2, 0.25) is 15.1 Å². The fourth-order valence-corrected chi connectivity index (χ4v) is 6.81. The Hall–Kier alpha value is -3.56. The van der Waals surface area contributed by atoms with Crippen LogP contribution in [-0.2, 0) is 32.6 Å². The largest absolute Gasteiger partial charge is 0.354 e. The van der Waals surface area contributed by atoms with Crippen LogP contribution in [0.3, 0.4) is 0 Å². The predicted molar refractivity (Wildman–Crippen MR) is 181 cm³/mol. The Balaban J connectivity index is 1.83. The number of rotatable bonds is 13. The lowest BCUT2D eigenvalue weighted by Crippen LogP contribution is -2.53. The van der Waals surface area contributed by atoms with Gasteiger partial charge in [0.1, 0.15) is 12.6 Å². The summed E-state index contributed by atoms with van der Waals surface area (Å²) in [4.78, 5) is 29.6. The smallest absolute Gasteiger partial charge is 0.264 e. The highest BCUT2D eigenvalue weighted by atomic mass is 35.5. The third kappa shape index (κ3) is 8.79. The van der Waals surface area contributed by atoms with Crippen molar-refractivity contribution in [3.8, 4) is 0 Å². The van der Waals surface area contributed by atoms with E-state index >= 15 is 0 Å². The maximum atomic E-state index is 14.5. The highest BCUT2D eigenvalue weighted by Gasteiger charge is 2.35. The number of hydrogen-bond acceptors (Lipinski definition) is 4. The van der Waals surface area contributed by atoms with Gasteiger partial charge in [0.15, 0.2) is 0 Å². The summed E-state index contributed by atoms with van der Waals surface area (Å²) in [7, 11) is -4.32. The molecule has 45 heavy (non-hydrogen) atoms. The molecule has 4 aromatic rings. The average Bonchev–Trinajstić information content (AvgIpc) is 3.03. The molecule has 0 bridgehead atoms. The van der Waals surface area contributed by atoms with Crippen LogP contribution in [-0.4, -0.2) is 44.3 Å². The van der Waals surface area contributed by atoms with Crippen molar-refractivity contribution < 1.29 is 18.0 Å². The molecule has 0 aliphatic carbocycles. The first-order valence-electron chi connectivity index (χ1n) is 14.4. The zero-order chi connectivity index (χ0) is 32.6. The lowest BCUT2D eigenvalue weighted by molar-refractivity contribution is -0.140. The van der Waals surface area contributed by atoms with E-state index in [0.717, 1.165) is 15.4 Å². The molecular formula is C34H34Cl3N3O4S. The number of halogens is 3. The Morgan fingerprint density at radius 2 is 1.51 bits per heavy atom. The molecule has 236 valence electrons. The average molecular weight is 687 g/mol. The van der Waals surface area contributed by atoms with E-state index in [1.54, 1.807) is 36.4 Å². The van der Waals surface area contributed by atoms with Crippen molar-refractivity contribution in [2.75, 3.05) is 17.4 Å². The van der Waals surface area contributed by atoms with Crippen molar-refractivity contribution in [2.24, 2.45) is 0 Å². The van der Waals surface area contributed by atoms with Crippen molar-refractivity contribution in [3.63, 3.8) is 0 Å². The van der Waals surface area contributed by atoms with E-state index < -0.39 is 28.5 Å². The number of nitrogens with one attached hydrogen (secondary N) is 1. The van der Waals surface area contributed by atoms with E-state index in [2.05, 4.69) is 5.32 Å². The third-order valence-electron chi connectivity index (χ3n) is 7.18. The standard InChI is InChI=1S/C34H34Cl3N3O4S/c1-3-19-38-34(42)32(20-25-9-5-4-6-10-25)39(22-26-11-7-8-12-29(26)36)33(41)23-40(31-21-27(35)15-18-30(31)37)45(43,44)28-16-13-24(2)14-17-28/h4-18,21,32H,3,19-20,22-23H2,1-2H3,(H,38,42)/t32-/m1/s1. The van der Waals surface area contributed by atoms with Crippen molar-refractivity contribution in [1.29, 1.82) is 0 Å². The van der Waals surface area contributed by atoms with Crippen LogP contribution in [0.4, 0.5) is 5.69 Å². The molecule has 4 rings (SSSR count). The first-order chi connectivity index (χ1) is 21.5. The van der Waals surface area contributed by atoms with Gasteiger partial charge in [-0.2, -0.15) is 0 Å². The van der Waals surface area contributed by atoms with Gasteiger partial charge in [0, 0.05) is 29.6 Å². The van der Waals surface area contributed by atoms with Gasteiger partial charge in [0.2, 0.25) is 11.8 Å². The van der Waals surface area contributed by atoms with Gasteiger partial charge in [-0.15, -0.1) is 0 Å². The number of benzene rings is 4. The number of sulfonamides is 1. The molecule has 0 fully saturated rings. The number of amides is 2. The van der Waals surface area contributed by atoms with E-state index in [0.29, 0.717) is 23.6 Å². The maximum absolute atomic E-state index is 14.5. The summed E-state index contributed by atoms with van der Waals surface area (Å²) in [6.45, 7) is 3.48. The van der Waals surface area contributed by atoms with Crippen LogP contribution in [0.5, 0.6) is 0 Å². The zero-order valence-corrected chi connectivity index (χ0v) is 28.0. The molecule has 4 aromatic carbocycles. The Labute approximate surface area is 279 Å². The summed E-state index contributed by atoms with van der Waals surface area (Å²) in [5.41, 5.74) is 2.33. The molecule has 11 heteroatoms. The fraction of sp³-hybridized carbons (Fsp3) is 0.235. The maximum Gasteiger partial charge on any atom is 0.264 e. The molecule has 0 unspecified atom stereocenters. The summed E-state index contributed by atoms with van der Waals surface area (Å²) in [6.07, 6.45) is 0.882. The van der Waals surface area contributed by atoms with Crippen molar-refractivity contribution in [1.82, 2.24) is 10.2 Å². The predicted octanol–water partition coefficient (Wildman–Crippen LogP) is 7.32. The number of anilines is 1. The van der Waals surface area contributed by atoms with E-state index in [1.165, 1.54) is 35.2 Å². The number of aryl methyl sites for hydroxylation is 1. The monoisotopic (exact) mass is 685 g/mol. The minimum absolute atomic E-state index is 0.0314. The molecule has 0 saturated carbocycles. The summed E-state index contributed by atoms with van der Waals surface area (Å²) < 4.78 is 29.3. The van der Waals surface area contributed by atoms with E-state index in [1.807, 2.05) is 44.2 Å². The highest BCUT2D eigenvalue weighted by molar-refractivity contribution is 7.92. The van der Waals surface area contributed by atoms with E-state index in [4.69, 9.17) is 34.8 Å². The van der Waals surface area contributed by atoms with E-state index in [9.17, 15) is 18.0 Å². The SMILES string of the molecule is CCCNC(=O)[C@@H](Cc1ccccc1)N(Cc1ccccc1Cl)C(=O)CN(c1cc(Cl)ccc1Cl)S(=O)(=O)c1ccc(C)cc1. The number of carbonyl (C=O) groups is 2. The Bertz CT molecular complexity index is 1740. The Morgan fingerprint density at radius 1 is 0.844 bits per heavy atom. The van der Waals surface area contributed by atoms with Crippen LogP contribution in [0, 0.1) is 6.92 Å². The van der Waals surface area contributed by atoms with Crippen LogP contribution >= 0.6 is 34.8 Å². The Morgan fingerprint density at radius 3 is 2.18 bits per heavy atom. The summed E-state index contributed by atoms with van der Waals surface area (Å²) in [6, 6.07) is 26.0. The molecule has 1 N–H and O–H groups in total. The number of hydrogen-bond donors (Lipinski definition) is 1. The second-order valence-electron chi connectivity index (χ2n) is 10.5. The molecule has 0 aromatic heterocycles. The van der Waals surface area contributed by atoms with Gasteiger partial charge < -0.3 is 10.2 Å². The second-order valence-corrected chi connectivity index (χ2v) is 13.6. The van der Waals surface area contributed by atoms with Crippen molar-refractivity contribution >= 4 is 62.3 Å². The van der Waals surface area contributed by atoms with Gasteiger partial charge in [-0.1, -0.05) is 108 Å². The fourth-order valence-electron chi connectivity index (χ4n) is 4.76. The Kier molecular flexibility index (Phi) is 11.9. The van der Waals surface area contributed by atoms with Crippen LogP contribution in [0.1, 0.15) is 30.0 Å². The highest BCUT2D eigenvalue weighted by Crippen LogP contribution is 2.33. The molecule has 2 amide bonds. The topological polar surface area (TPSA) is 86.8 Å². The third-order valence-corrected chi connectivity index (χ3v) is 9.88. The molecule has 0 spiro atoms. The van der Waals surface area contributed by atoms with Crippen LogP contribution < -0.4 is 9.62 Å². The quantitative estimate of drug-likeness (QED) is 0.160. The first-order valence-corrected chi connectivity index (χ1v) is 17.0. The zero-order valence-electron chi connectivity index (χ0n) is 24.9. The summed E-state index contributed by atoms with van der Waals surface area (Å²) >= 11 is 19.3. The molecule has 0 aliphatic heterocycles. The minimum atomic E-state index is -4.32. The van der Waals surface area contributed by atoms with Gasteiger partial charge in [0.05, 0.1) is 15.6 Å². The van der Waals surface area contributed by atoms with Crippen LogP contribution in [0.15, 0.2) is 102 Å². The van der Waals surface area contributed by atoms with Gasteiger partial charge in [-0.05, 0) is 60.9 Å². The van der Waals surface area contributed by atoms with Crippen molar-refractivity contribution in [2.45, 2.75) is 44.2 Å². The normalized spacial score (nSPS) is 11.9. The van der Waals surface area contributed by atoms with Gasteiger partial charge >= 0.3 is 0 Å². The number of nitrogens with zero attached hydrogens (tertiary/aromatic N) is 2. The van der Waals surface area contributed by atoms with Gasteiger partial charge in [0.25, 0.3) is 10.0 Å². The first kappa shape index (κ1) is 34.3. The van der Waals surface area contributed by atoms with Gasteiger partial charge in [-0.3, -0.25) is 13.9 Å². The minimum Gasteiger partial charge on any atom is -0.354 e. The summed E-state index contributed by atoms with van der Waals surface area (Å²) in [5, 5.41) is 3.64. The molecule has 0 aliphatic rings. The molecule has 7 nitrogen and oxygen atoms in total.